The lowest BCUT2D eigenvalue weighted by Gasteiger charge is -2.06. The lowest BCUT2D eigenvalue weighted by molar-refractivity contribution is 0.102. The molecular weight excluding hydrogens is 230 g/mol. The van der Waals surface area contributed by atoms with Gasteiger partial charge in [0.15, 0.2) is 0 Å². The number of carbonyl (C=O) groups excluding carboxylic acids is 1. The second-order valence-electron chi connectivity index (χ2n) is 3.78. The van der Waals surface area contributed by atoms with Crippen LogP contribution in [0.2, 0.25) is 0 Å². The predicted octanol–water partition coefficient (Wildman–Crippen LogP) is 1.51. The fourth-order valence-corrected chi connectivity index (χ4v) is 1.58. The Morgan fingerprint density at radius 2 is 2.22 bits per heavy atom. The van der Waals surface area contributed by atoms with Gasteiger partial charge in [-0.2, -0.15) is 0 Å². The molecule has 1 N–H and O–H groups in total. The molecule has 2 heterocycles. The zero-order valence-electron chi connectivity index (χ0n) is 10.4. The number of nitrogens with zero attached hydrogens (tertiary/aromatic N) is 4. The molecule has 2 aromatic rings. The topological polar surface area (TPSA) is 72.7 Å². The predicted molar refractivity (Wildman–Crippen MR) is 67.3 cm³/mol. The first kappa shape index (κ1) is 12.2. The molecule has 0 radical (unpaired) electrons. The van der Waals surface area contributed by atoms with Crippen molar-refractivity contribution in [2.24, 2.45) is 0 Å². The molecule has 1 amide bonds. The van der Waals surface area contributed by atoms with Crippen LogP contribution in [0.5, 0.6) is 0 Å². The molecule has 0 saturated carbocycles. The summed E-state index contributed by atoms with van der Waals surface area (Å²) < 4.78 is 1.84. The summed E-state index contributed by atoms with van der Waals surface area (Å²) in [5.74, 6) is -0.244. The average Bonchev–Trinajstić information content (AvgIpc) is 2.88. The molecule has 94 valence electrons. The van der Waals surface area contributed by atoms with Gasteiger partial charge in [-0.3, -0.25) is 4.79 Å². The van der Waals surface area contributed by atoms with Gasteiger partial charge >= 0.3 is 0 Å². The van der Waals surface area contributed by atoms with Gasteiger partial charge in [0.2, 0.25) is 0 Å². The quantitative estimate of drug-likeness (QED) is 0.886. The van der Waals surface area contributed by atoms with Gasteiger partial charge in [0.05, 0.1) is 23.9 Å². The normalized spacial score (nSPS) is 10.3. The summed E-state index contributed by atoms with van der Waals surface area (Å²) >= 11 is 0. The first-order valence-corrected chi connectivity index (χ1v) is 5.86. The van der Waals surface area contributed by atoms with Gasteiger partial charge in [-0.15, -0.1) is 0 Å². The van der Waals surface area contributed by atoms with Gasteiger partial charge < -0.3 is 9.88 Å². The van der Waals surface area contributed by atoms with Crippen LogP contribution >= 0.6 is 0 Å². The van der Waals surface area contributed by atoms with Gasteiger partial charge in [0.25, 0.3) is 5.91 Å². The number of hydrogen-bond donors (Lipinski definition) is 1. The van der Waals surface area contributed by atoms with E-state index in [9.17, 15) is 4.79 Å². The van der Waals surface area contributed by atoms with E-state index in [2.05, 4.69) is 20.3 Å². The molecule has 0 aliphatic carbocycles. The number of amides is 1. The van der Waals surface area contributed by atoms with Crippen molar-refractivity contribution in [2.75, 3.05) is 5.32 Å². The molecule has 2 rings (SSSR count). The van der Waals surface area contributed by atoms with E-state index in [0.717, 1.165) is 18.7 Å². The number of carbonyl (C=O) groups is 1. The fraction of sp³-hybridized carbons (Fsp3) is 0.333. The Kier molecular flexibility index (Phi) is 3.66. The molecule has 0 aromatic carbocycles. The van der Waals surface area contributed by atoms with Crippen LogP contribution in [0.1, 0.15) is 30.0 Å². The van der Waals surface area contributed by atoms with Crippen LogP contribution in [0.3, 0.4) is 0 Å². The molecule has 0 spiro atoms. The summed E-state index contributed by atoms with van der Waals surface area (Å²) in [6.45, 7) is 4.75. The standard InChI is InChI=1S/C12H15N5O/c1-3-9-10(5-13-7-14-9)16-12(18)11-6-17(4-2)8-15-11/h5-8H,3-4H2,1-2H3,(H,16,18). The largest absolute Gasteiger partial charge is 0.337 e. The van der Waals surface area contributed by atoms with Crippen molar-refractivity contribution in [2.45, 2.75) is 26.8 Å². The molecule has 0 unspecified atom stereocenters. The molecular formula is C12H15N5O. The molecule has 0 fully saturated rings. The maximum absolute atomic E-state index is 12.0. The fourth-order valence-electron chi connectivity index (χ4n) is 1.58. The van der Waals surface area contributed by atoms with E-state index in [4.69, 9.17) is 0 Å². The Labute approximate surface area is 105 Å². The lowest BCUT2D eigenvalue weighted by Crippen LogP contribution is -2.14. The Morgan fingerprint density at radius 3 is 2.89 bits per heavy atom. The number of anilines is 1. The van der Waals surface area contributed by atoms with Gasteiger partial charge in [0, 0.05) is 12.7 Å². The third-order valence-electron chi connectivity index (χ3n) is 2.61. The maximum Gasteiger partial charge on any atom is 0.275 e. The van der Waals surface area contributed by atoms with E-state index in [-0.39, 0.29) is 5.91 Å². The summed E-state index contributed by atoms with van der Waals surface area (Å²) in [6, 6.07) is 0. The molecule has 0 saturated heterocycles. The monoisotopic (exact) mass is 245 g/mol. The number of rotatable bonds is 4. The molecule has 0 bridgehead atoms. The highest BCUT2D eigenvalue weighted by molar-refractivity contribution is 6.02. The highest BCUT2D eigenvalue weighted by Gasteiger charge is 2.11. The van der Waals surface area contributed by atoms with Gasteiger partial charge in [0.1, 0.15) is 12.0 Å². The third-order valence-corrected chi connectivity index (χ3v) is 2.61. The van der Waals surface area contributed by atoms with E-state index in [1.807, 2.05) is 18.4 Å². The number of hydrogen-bond acceptors (Lipinski definition) is 4. The van der Waals surface area contributed by atoms with Crippen LogP contribution < -0.4 is 5.32 Å². The van der Waals surface area contributed by atoms with Crippen LogP contribution in [0.25, 0.3) is 0 Å². The van der Waals surface area contributed by atoms with Crippen LogP contribution in [0, 0.1) is 0 Å². The van der Waals surface area contributed by atoms with E-state index in [0.29, 0.717) is 11.4 Å². The summed E-state index contributed by atoms with van der Waals surface area (Å²) in [7, 11) is 0. The second kappa shape index (κ2) is 5.39. The number of imidazole rings is 1. The molecule has 0 aliphatic rings. The molecule has 2 aromatic heterocycles. The Hall–Kier alpha value is -2.24. The van der Waals surface area contributed by atoms with Gasteiger partial charge in [-0.1, -0.05) is 6.92 Å². The first-order chi connectivity index (χ1) is 8.74. The van der Waals surface area contributed by atoms with Crippen molar-refractivity contribution in [3.05, 3.63) is 36.4 Å². The average molecular weight is 245 g/mol. The van der Waals surface area contributed by atoms with Crippen LogP contribution in [-0.4, -0.2) is 25.4 Å². The van der Waals surface area contributed by atoms with E-state index in [1.54, 1.807) is 18.7 Å². The Bertz CT molecular complexity index is 549. The Morgan fingerprint density at radius 1 is 1.39 bits per heavy atom. The van der Waals surface area contributed by atoms with Crippen LogP contribution in [-0.2, 0) is 13.0 Å². The zero-order chi connectivity index (χ0) is 13.0. The van der Waals surface area contributed by atoms with Crippen molar-refractivity contribution in [3.8, 4) is 0 Å². The number of aromatic nitrogens is 4. The van der Waals surface area contributed by atoms with E-state index in [1.165, 1.54) is 6.33 Å². The first-order valence-electron chi connectivity index (χ1n) is 5.86. The molecule has 18 heavy (non-hydrogen) atoms. The van der Waals surface area contributed by atoms with E-state index >= 15 is 0 Å². The highest BCUT2D eigenvalue weighted by Crippen LogP contribution is 2.12. The molecule has 0 atom stereocenters. The third kappa shape index (κ3) is 2.53. The maximum atomic E-state index is 12.0. The molecule has 6 heteroatoms. The smallest absolute Gasteiger partial charge is 0.275 e. The second-order valence-corrected chi connectivity index (χ2v) is 3.78. The summed E-state index contributed by atoms with van der Waals surface area (Å²) in [5.41, 5.74) is 1.84. The van der Waals surface area contributed by atoms with Crippen LogP contribution in [0.4, 0.5) is 5.69 Å². The minimum absolute atomic E-state index is 0.244. The van der Waals surface area contributed by atoms with Crippen molar-refractivity contribution < 1.29 is 4.79 Å². The van der Waals surface area contributed by atoms with Gasteiger partial charge in [-0.25, -0.2) is 15.0 Å². The van der Waals surface area contributed by atoms with Crippen molar-refractivity contribution in [3.63, 3.8) is 0 Å². The van der Waals surface area contributed by atoms with Crippen molar-refractivity contribution in [1.82, 2.24) is 19.5 Å². The van der Waals surface area contributed by atoms with E-state index < -0.39 is 0 Å². The van der Waals surface area contributed by atoms with Gasteiger partial charge in [-0.05, 0) is 13.3 Å². The molecule has 0 aliphatic heterocycles. The van der Waals surface area contributed by atoms with Crippen LogP contribution in [0.15, 0.2) is 25.0 Å². The summed E-state index contributed by atoms with van der Waals surface area (Å²) in [4.78, 5) is 24.0. The number of aryl methyl sites for hydroxylation is 2. The highest BCUT2D eigenvalue weighted by atomic mass is 16.1. The number of nitrogens with one attached hydrogen (secondary N) is 1. The lowest BCUT2D eigenvalue weighted by atomic mass is 10.2. The SMILES string of the molecule is CCc1ncncc1NC(=O)c1cn(CC)cn1. The van der Waals surface area contributed by atoms with Crippen molar-refractivity contribution in [1.29, 1.82) is 0 Å². The zero-order valence-corrected chi connectivity index (χ0v) is 10.4. The summed E-state index contributed by atoms with van der Waals surface area (Å²) in [6.07, 6.45) is 7.16. The minimum Gasteiger partial charge on any atom is -0.337 e. The Balaban J connectivity index is 2.16. The summed E-state index contributed by atoms with van der Waals surface area (Å²) in [5, 5.41) is 2.78. The minimum atomic E-state index is -0.244. The molecule has 6 nitrogen and oxygen atoms in total. The van der Waals surface area contributed by atoms with Crippen molar-refractivity contribution >= 4 is 11.6 Å².